The maximum absolute atomic E-state index is 12.5. The van der Waals surface area contributed by atoms with Crippen molar-refractivity contribution >= 4 is 22.0 Å². The second-order valence-corrected chi connectivity index (χ2v) is 7.66. The first kappa shape index (κ1) is 19.9. The third-order valence-corrected chi connectivity index (χ3v) is 5.31. The van der Waals surface area contributed by atoms with Crippen LogP contribution in [0.3, 0.4) is 0 Å². The highest BCUT2D eigenvalue weighted by Gasteiger charge is 2.19. The van der Waals surface area contributed by atoms with Gasteiger partial charge in [0.2, 0.25) is 0 Å². The van der Waals surface area contributed by atoms with Gasteiger partial charge in [-0.1, -0.05) is 18.2 Å². The number of benzene rings is 2. The van der Waals surface area contributed by atoms with Crippen molar-refractivity contribution in [2.75, 3.05) is 0 Å². The summed E-state index contributed by atoms with van der Waals surface area (Å²) in [6, 6.07) is 10.9. The zero-order valence-electron chi connectivity index (χ0n) is 15.0. The highest BCUT2D eigenvalue weighted by atomic mass is 32.2. The van der Waals surface area contributed by atoms with Crippen LogP contribution in [0.1, 0.15) is 15.9 Å². The summed E-state index contributed by atoms with van der Waals surface area (Å²) >= 11 is 0. The molecule has 0 radical (unpaired) electrons. The van der Waals surface area contributed by atoms with E-state index < -0.39 is 22.0 Å². The van der Waals surface area contributed by atoms with Crippen LogP contribution >= 0.6 is 0 Å². The molecule has 0 saturated heterocycles. The van der Waals surface area contributed by atoms with E-state index in [0.29, 0.717) is 11.3 Å². The number of primary amides is 1. The number of carbonyl (C=O) groups is 2. The van der Waals surface area contributed by atoms with E-state index in [0.717, 1.165) is 0 Å². The molecule has 0 bridgehead atoms. The number of hydrogen-bond acceptors (Lipinski definition) is 5. The zero-order valence-corrected chi connectivity index (χ0v) is 15.8. The number of aromatic nitrogens is 2. The van der Waals surface area contributed by atoms with Crippen molar-refractivity contribution in [2.45, 2.75) is 11.4 Å². The Hall–Kier alpha value is -3.86. The molecule has 0 aliphatic rings. The van der Waals surface area contributed by atoms with E-state index in [1.165, 1.54) is 59.4 Å². The van der Waals surface area contributed by atoms with Crippen LogP contribution < -0.4 is 21.5 Å². The minimum Gasteiger partial charge on any atom is -0.352 e. The number of aromatic amines is 1. The molecule has 11 heteroatoms. The summed E-state index contributed by atoms with van der Waals surface area (Å²) in [5, 5.41) is 2.39. The molecular weight excluding hydrogens is 398 g/mol. The van der Waals surface area contributed by atoms with Crippen molar-refractivity contribution in [2.24, 2.45) is 5.73 Å². The fourth-order valence-electron chi connectivity index (χ4n) is 2.54. The predicted molar refractivity (Wildman–Crippen MR) is 104 cm³/mol. The molecule has 0 spiro atoms. The van der Waals surface area contributed by atoms with Crippen LogP contribution in [-0.2, 0) is 16.6 Å². The van der Waals surface area contributed by atoms with Crippen LogP contribution in [0.4, 0.5) is 4.79 Å². The van der Waals surface area contributed by atoms with Gasteiger partial charge in [0.05, 0.1) is 10.6 Å². The number of urea groups is 1. The largest absolute Gasteiger partial charge is 0.352 e. The number of nitrogens with one attached hydrogen (secondary N) is 3. The molecule has 3 amide bonds. The summed E-state index contributed by atoms with van der Waals surface area (Å²) in [7, 11) is -4.12. The van der Waals surface area contributed by atoms with Crippen molar-refractivity contribution in [1.82, 2.24) is 19.6 Å². The number of sulfonamides is 1. The van der Waals surface area contributed by atoms with Crippen molar-refractivity contribution in [1.29, 1.82) is 0 Å². The van der Waals surface area contributed by atoms with E-state index in [1.54, 1.807) is 6.07 Å². The molecule has 0 unspecified atom stereocenters. The Morgan fingerprint density at radius 1 is 1.10 bits per heavy atom. The average molecular weight is 415 g/mol. The summed E-state index contributed by atoms with van der Waals surface area (Å²) < 4.78 is 28.2. The molecule has 0 aliphatic heterocycles. The number of carbonyl (C=O) groups excluding carboxylic acids is 2. The minimum absolute atomic E-state index is 0.0708. The lowest BCUT2D eigenvalue weighted by atomic mass is 10.2. The molecule has 3 rings (SSSR count). The molecule has 2 aromatic carbocycles. The van der Waals surface area contributed by atoms with Crippen LogP contribution in [0.15, 0.2) is 70.6 Å². The molecule has 5 N–H and O–H groups in total. The lowest BCUT2D eigenvalue weighted by Crippen LogP contribution is -2.31. The molecule has 150 valence electrons. The summed E-state index contributed by atoms with van der Waals surface area (Å²) in [5.74, 6) is -0.838. The third-order valence-electron chi connectivity index (χ3n) is 3.96. The monoisotopic (exact) mass is 415 g/mol. The van der Waals surface area contributed by atoms with Crippen LogP contribution in [0.25, 0.3) is 5.69 Å². The highest BCUT2D eigenvalue weighted by Crippen LogP contribution is 2.13. The van der Waals surface area contributed by atoms with E-state index in [1.807, 2.05) is 4.72 Å². The summed E-state index contributed by atoms with van der Waals surface area (Å²) in [5.41, 5.74) is 5.72. The van der Waals surface area contributed by atoms with E-state index in [-0.39, 0.29) is 22.7 Å². The Morgan fingerprint density at radius 3 is 2.45 bits per heavy atom. The Kier molecular flexibility index (Phi) is 5.50. The zero-order chi connectivity index (χ0) is 21.0. The Bertz CT molecular complexity index is 1210. The van der Waals surface area contributed by atoms with Gasteiger partial charge in [0.25, 0.3) is 15.9 Å². The number of imidazole rings is 1. The lowest BCUT2D eigenvalue weighted by Gasteiger charge is -2.09. The normalized spacial score (nSPS) is 11.0. The Morgan fingerprint density at radius 2 is 1.83 bits per heavy atom. The molecule has 29 heavy (non-hydrogen) atoms. The predicted octanol–water partition coefficient (Wildman–Crippen LogP) is 0.453. The Balaban J connectivity index is 1.77. The standard InChI is InChI=1S/C18H17N5O5S/c19-17(25)21-11-12-4-6-15(7-5-12)29(27,28)22-16(24)13-2-1-3-14(10-13)23-9-8-20-18(23)26/h1-10H,11H2,(H,20,26)(H,22,24)(H3,19,21,25). The summed E-state index contributed by atoms with van der Waals surface area (Å²) in [4.78, 5) is 37.2. The van der Waals surface area contributed by atoms with Crippen LogP contribution in [-0.4, -0.2) is 29.9 Å². The van der Waals surface area contributed by atoms with Crippen LogP contribution in [0.5, 0.6) is 0 Å². The van der Waals surface area contributed by atoms with Crippen molar-refractivity contribution in [3.8, 4) is 5.69 Å². The van der Waals surface area contributed by atoms with Gasteiger partial charge >= 0.3 is 11.7 Å². The van der Waals surface area contributed by atoms with E-state index in [9.17, 15) is 22.8 Å². The molecule has 0 aliphatic carbocycles. The maximum atomic E-state index is 12.5. The first-order valence-electron chi connectivity index (χ1n) is 8.32. The molecule has 0 saturated carbocycles. The lowest BCUT2D eigenvalue weighted by molar-refractivity contribution is 0.0981. The second-order valence-electron chi connectivity index (χ2n) is 5.98. The molecular formula is C18H17N5O5S. The topological polar surface area (TPSA) is 156 Å². The average Bonchev–Trinajstić information content (AvgIpc) is 3.12. The van der Waals surface area contributed by atoms with Gasteiger partial charge < -0.3 is 16.0 Å². The van der Waals surface area contributed by atoms with Gasteiger partial charge in [-0.3, -0.25) is 9.36 Å². The van der Waals surface area contributed by atoms with Gasteiger partial charge in [-0.05, 0) is 35.9 Å². The van der Waals surface area contributed by atoms with Gasteiger partial charge in [-0.25, -0.2) is 22.7 Å². The van der Waals surface area contributed by atoms with E-state index in [4.69, 9.17) is 5.73 Å². The van der Waals surface area contributed by atoms with Gasteiger partial charge in [-0.15, -0.1) is 0 Å². The highest BCUT2D eigenvalue weighted by molar-refractivity contribution is 7.90. The minimum atomic E-state index is -4.12. The van der Waals surface area contributed by atoms with Gasteiger partial charge in [0.1, 0.15) is 0 Å². The third kappa shape index (κ3) is 4.71. The number of nitrogens with zero attached hydrogens (tertiary/aromatic N) is 1. The second kappa shape index (κ2) is 8.02. The van der Waals surface area contributed by atoms with E-state index >= 15 is 0 Å². The first-order chi connectivity index (χ1) is 13.8. The van der Waals surface area contributed by atoms with E-state index in [2.05, 4.69) is 10.3 Å². The number of rotatable bonds is 6. The van der Waals surface area contributed by atoms with Crippen LogP contribution in [0, 0.1) is 0 Å². The number of hydrogen-bond donors (Lipinski definition) is 4. The first-order valence-corrected chi connectivity index (χ1v) is 9.80. The number of amides is 3. The van der Waals surface area contributed by atoms with Crippen molar-refractivity contribution in [3.05, 3.63) is 82.5 Å². The van der Waals surface area contributed by atoms with Crippen LogP contribution in [0.2, 0.25) is 0 Å². The smallest absolute Gasteiger partial charge is 0.330 e. The van der Waals surface area contributed by atoms with Gasteiger partial charge in [0, 0.05) is 24.5 Å². The van der Waals surface area contributed by atoms with Gasteiger partial charge in [0.15, 0.2) is 0 Å². The van der Waals surface area contributed by atoms with Gasteiger partial charge in [-0.2, -0.15) is 0 Å². The SMILES string of the molecule is NC(=O)NCc1ccc(S(=O)(=O)NC(=O)c2cccc(-n3cc[nH]c3=O)c2)cc1. The molecule has 1 heterocycles. The maximum Gasteiger partial charge on any atom is 0.330 e. The number of H-pyrrole nitrogens is 1. The molecule has 3 aromatic rings. The fourth-order valence-corrected chi connectivity index (χ4v) is 3.51. The number of nitrogens with two attached hydrogens (primary N) is 1. The Labute approximate surface area is 165 Å². The molecule has 0 fully saturated rings. The fraction of sp³-hybridized carbons (Fsp3) is 0.0556. The quantitative estimate of drug-likeness (QED) is 0.460. The summed E-state index contributed by atoms with van der Waals surface area (Å²) in [6.07, 6.45) is 2.94. The molecule has 1 aromatic heterocycles. The molecule has 0 atom stereocenters. The summed E-state index contributed by atoms with van der Waals surface area (Å²) in [6.45, 7) is 0.146. The molecule has 10 nitrogen and oxygen atoms in total. The van der Waals surface area contributed by atoms with Crippen molar-refractivity contribution in [3.63, 3.8) is 0 Å². The van der Waals surface area contributed by atoms with Crippen molar-refractivity contribution < 1.29 is 18.0 Å².